The summed E-state index contributed by atoms with van der Waals surface area (Å²) in [4.78, 5) is 8.00. The van der Waals surface area contributed by atoms with Crippen LogP contribution in [-0.4, -0.2) is 21.9 Å². The largest absolute Gasteiger partial charge is 0.360 e. The highest BCUT2D eigenvalue weighted by Gasteiger charge is 2.28. The average molecular weight is 348 g/mol. The number of para-hydroxylation sites is 1. The van der Waals surface area contributed by atoms with E-state index in [1.807, 2.05) is 18.3 Å². The van der Waals surface area contributed by atoms with E-state index >= 15 is 0 Å². The van der Waals surface area contributed by atoms with Gasteiger partial charge in [-0.2, -0.15) is 5.10 Å². The van der Waals surface area contributed by atoms with Crippen molar-refractivity contribution in [3.8, 4) is 0 Å². The number of nitrogens with zero attached hydrogens (tertiary/aromatic N) is 2. The van der Waals surface area contributed by atoms with Crippen molar-refractivity contribution in [1.82, 2.24) is 10.4 Å². The summed E-state index contributed by atoms with van der Waals surface area (Å²) >= 11 is 1.72. The van der Waals surface area contributed by atoms with Gasteiger partial charge in [-0.1, -0.05) is 60.3 Å². The van der Waals surface area contributed by atoms with Crippen molar-refractivity contribution in [3.63, 3.8) is 0 Å². The third-order valence-electron chi connectivity index (χ3n) is 4.09. The summed E-state index contributed by atoms with van der Waals surface area (Å²) < 4.78 is 0. The molecule has 4 nitrogen and oxygen atoms in total. The van der Waals surface area contributed by atoms with E-state index in [0.29, 0.717) is 0 Å². The summed E-state index contributed by atoms with van der Waals surface area (Å²) in [5.41, 5.74) is 7.65. The summed E-state index contributed by atoms with van der Waals surface area (Å²) in [5.74, 6) is 0. The average Bonchev–Trinajstić information content (AvgIpc) is 3.06. The molecule has 3 aromatic rings. The summed E-state index contributed by atoms with van der Waals surface area (Å²) in [6.07, 6.45) is 2.05. The molecule has 2 heterocycles. The topological polar surface area (TPSA) is 52.5 Å². The number of nitrogens with one attached hydrogen (secondary N) is 2. The second kappa shape index (κ2) is 6.76. The molecule has 1 unspecified atom stereocenters. The molecule has 0 aliphatic carbocycles. The molecule has 1 aliphatic heterocycles. The summed E-state index contributed by atoms with van der Waals surface area (Å²) in [7, 11) is 0. The SMILES string of the molecule is CC(C)N=C1NN=C(c2c[nH]c3ccccc23)C(c2ccccc2)S1. The lowest BCUT2D eigenvalue weighted by atomic mass is 10.0. The second-order valence-electron chi connectivity index (χ2n) is 6.29. The fraction of sp³-hybridized carbons (Fsp3) is 0.200. The van der Waals surface area contributed by atoms with Gasteiger partial charge in [0.2, 0.25) is 0 Å². The van der Waals surface area contributed by atoms with E-state index in [1.165, 1.54) is 10.9 Å². The van der Waals surface area contributed by atoms with Gasteiger partial charge in [-0.15, -0.1) is 0 Å². The van der Waals surface area contributed by atoms with Gasteiger partial charge in [0, 0.05) is 28.7 Å². The molecule has 5 heteroatoms. The Balaban J connectivity index is 1.82. The number of benzene rings is 2. The highest BCUT2D eigenvalue weighted by atomic mass is 32.2. The minimum absolute atomic E-state index is 0.110. The lowest BCUT2D eigenvalue weighted by Gasteiger charge is -2.25. The fourth-order valence-electron chi connectivity index (χ4n) is 2.99. The van der Waals surface area contributed by atoms with Crippen molar-refractivity contribution in [2.45, 2.75) is 25.1 Å². The molecule has 0 spiro atoms. The number of aromatic amines is 1. The van der Waals surface area contributed by atoms with Crippen molar-refractivity contribution >= 4 is 33.5 Å². The van der Waals surface area contributed by atoms with Crippen LogP contribution in [0, 0.1) is 0 Å². The normalized spacial score (nSPS) is 19.2. The van der Waals surface area contributed by atoms with E-state index in [4.69, 9.17) is 5.10 Å². The van der Waals surface area contributed by atoms with Gasteiger partial charge < -0.3 is 4.98 Å². The van der Waals surface area contributed by atoms with Crippen LogP contribution in [0.2, 0.25) is 0 Å². The molecule has 2 N–H and O–H groups in total. The lowest BCUT2D eigenvalue weighted by Crippen LogP contribution is -2.28. The number of fused-ring (bicyclic) bond motifs is 1. The van der Waals surface area contributed by atoms with E-state index in [9.17, 15) is 0 Å². The molecule has 25 heavy (non-hydrogen) atoms. The number of aromatic nitrogens is 1. The van der Waals surface area contributed by atoms with Crippen molar-refractivity contribution in [2.24, 2.45) is 10.1 Å². The van der Waals surface area contributed by atoms with Crippen molar-refractivity contribution in [2.75, 3.05) is 0 Å². The van der Waals surface area contributed by atoms with Crippen LogP contribution < -0.4 is 5.43 Å². The molecular formula is C20H20N4S. The third-order valence-corrected chi connectivity index (χ3v) is 5.24. The Morgan fingerprint density at radius 2 is 1.80 bits per heavy atom. The molecule has 1 aliphatic rings. The molecule has 1 aromatic heterocycles. The Morgan fingerprint density at radius 3 is 2.60 bits per heavy atom. The maximum atomic E-state index is 4.71. The molecule has 1 atom stereocenters. The number of rotatable bonds is 3. The zero-order chi connectivity index (χ0) is 17.2. The number of hydrogen-bond donors (Lipinski definition) is 2. The summed E-state index contributed by atoms with van der Waals surface area (Å²) in [5, 5.41) is 6.88. The maximum Gasteiger partial charge on any atom is 0.178 e. The fourth-order valence-corrected chi connectivity index (χ4v) is 4.17. The Hall–Kier alpha value is -2.53. The zero-order valence-corrected chi connectivity index (χ0v) is 15.0. The van der Waals surface area contributed by atoms with Crippen LogP contribution in [-0.2, 0) is 0 Å². The quantitative estimate of drug-likeness (QED) is 0.720. The second-order valence-corrected chi connectivity index (χ2v) is 7.39. The zero-order valence-electron chi connectivity index (χ0n) is 14.2. The van der Waals surface area contributed by atoms with Crippen LogP contribution in [0.25, 0.3) is 10.9 Å². The predicted octanol–water partition coefficient (Wildman–Crippen LogP) is 4.71. The van der Waals surface area contributed by atoms with E-state index < -0.39 is 0 Å². The van der Waals surface area contributed by atoms with Gasteiger partial charge in [0.15, 0.2) is 5.17 Å². The molecule has 0 saturated carbocycles. The number of hydrazone groups is 1. The molecule has 0 radical (unpaired) electrons. The Kier molecular flexibility index (Phi) is 4.32. The Bertz CT molecular complexity index is 940. The summed E-state index contributed by atoms with van der Waals surface area (Å²) in [6, 6.07) is 19.1. The standard InChI is InChI=1S/C20H20N4S/c1-13(2)22-20-24-23-18(19(25-20)14-8-4-3-5-9-14)16-12-21-17-11-7-6-10-15(16)17/h3-13,19,21H,1-2H3,(H,22,24). The van der Waals surface area contributed by atoms with E-state index in [2.05, 4.69) is 71.7 Å². The molecule has 0 saturated heterocycles. The summed E-state index contributed by atoms with van der Waals surface area (Å²) in [6.45, 7) is 4.15. The number of H-pyrrole nitrogens is 1. The van der Waals surface area contributed by atoms with Crippen LogP contribution in [0.3, 0.4) is 0 Å². The van der Waals surface area contributed by atoms with Gasteiger partial charge >= 0.3 is 0 Å². The minimum Gasteiger partial charge on any atom is -0.360 e. The molecule has 0 amide bonds. The van der Waals surface area contributed by atoms with Gasteiger partial charge in [0.25, 0.3) is 0 Å². The van der Waals surface area contributed by atoms with Crippen LogP contribution in [0.1, 0.15) is 30.2 Å². The first kappa shape index (κ1) is 16.0. The number of hydrogen-bond acceptors (Lipinski definition) is 3. The van der Waals surface area contributed by atoms with E-state index in [1.54, 1.807) is 11.8 Å². The maximum absolute atomic E-state index is 4.71. The van der Waals surface area contributed by atoms with Crippen LogP contribution in [0.15, 0.2) is 70.9 Å². The van der Waals surface area contributed by atoms with E-state index in [0.717, 1.165) is 22.0 Å². The monoisotopic (exact) mass is 348 g/mol. The molecule has 4 rings (SSSR count). The Morgan fingerprint density at radius 1 is 1.04 bits per heavy atom. The van der Waals surface area contributed by atoms with E-state index in [-0.39, 0.29) is 11.3 Å². The van der Waals surface area contributed by atoms with Crippen molar-refractivity contribution in [1.29, 1.82) is 0 Å². The Labute approximate surface area is 151 Å². The number of amidine groups is 1. The smallest absolute Gasteiger partial charge is 0.178 e. The van der Waals surface area contributed by atoms with Gasteiger partial charge in [-0.25, -0.2) is 0 Å². The van der Waals surface area contributed by atoms with Crippen molar-refractivity contribution < 1.29 is 0 Å². The lowest BCUT2D eigenvalue weighted by molar-refractivity contribution is 0.825. The van der Waals surface area contributed by atoms with Crippen LogP contribution in [0.4, 0.5) is 0 Å². The van der Waals surface area contributed by atoms with Crippen LogP contribution in [0.5, 0.6) is 0 Å². The predicted molar refractivity (Wildman–Crippen MR) is 107 cm³/mol. The van der Waals surface area contributed by atoms with Gasteiger partial charge in [0.1, 0.15) is 0 Å². The van der Waals surface area contributed by atoms with Gasteiger partial charge in [0.05, 0.1) is 11.0 Å². The molecule has 2 aromatic carbocycles. The minimum atomic E-state index is 0.110. The molecule has 0 fully saturated rings. The van der Waals surface area contributed by atoms with Crippen LogP contribution >= 0.6 is 11.8 Å². The van der Waals surface area contributed by atoms with Gasteiger partial charge in [-0.05, 0) is 25.5 Å². The number of aliphatic imine (C=N–C) groups is 1. The first-order chi connectivity index (χ1) is 12.2. The first-order valence-electron chi connectivity index (χ1n) is 8.42. The van der Waals surface area contributed by atoms with Gasteiger partial charge in [-0.3, -0.25) is 10.4 Å². The van der Waals surface area contributed by atoms with Crippen molar-refractivity contribution in [3.05, 3.63) is 71.9 Å². The molecular weight excluding hydrogens is 328 g/mol. The molecule has 0 bridgehead atoms. The highest BCUT2D eigenvalue weighted by molar-refractivity contribution is 8.14. The highest BCUT2D eigenvalue weighted by Crippen LogP contribution is 2.37. The number of thioether (sulfide) groups is 1. The first-order valence-corrected chi connectivity index (χ1v) is 9.30. The third kappa shape index (κ3) is 3.20. The molecule has 126 valence electrons.